The zero-order chi connectivity index (χ0) is 14.6. The molecule has 103 valence electrons. The Morgan fingerprint density at radius 3 is 1.90 bits per heavy atom. The minimum Gasteiger partial charge on any atom is -0.0766 e. The molecule has 0 heterocycles. The molecule has 0 bridgehead atoms. The monoisotopic (exact) mass is 287 g/mol. The van der Waals surface area contributed by atoms with Crippen LogP contribution in [-0.4, -0.2) is 8.80 Å². The molecule has 1 heteroatoms. The van der Waals surface area contributed by atoms with Crippen LogP contribution in [0.1, 0.15) is 18.1 Å². The first kappa shape index (κ1) is 12.8. The molecular formula is C20H19Si. The fourth-order valence-corrected chi connectivity index (χ4v) is 4.84. The number of hydrogen-bond acceptors (Lipinski definition) is 0. The predicted molar refractivity (Wildman–Crippen MR) is 95.3 cm³/mol. The molecule has 3 aromatic rings. The minimum atomic E-state index is -0.468. The molecule has 1 atom stereocenters. The molecule has 1 radical (unpaired) electrons. The lowest BCUT2D eigenvalue weighted by Gasteiger charge is -2.29. The van der Waals surface area contributed by atoms with E-state index in [4.69, 9.17) is 0 Å². The van der Waals surface area contributed by atoms with Gasteiger partial charge in [0.1, 0.15) is 0 Å². The normalized spacial score (nSPS) is 20.6. The highest BCUT2D eigenvalue weighted by Crippen LogP contribution is 2.46. The Hall–Kier alpha value is -1.86. The second-order valence-electron chi connectivity index (χ2n) is 6.42. The van der Waals surface area contributed by atoms with Crippen LogP contribution in [0.3, 0.4) is 0 Å². The van der Waals surface area contributed by atoms with E-state index in [-0.39, 0.29) is 5.04 Å². The zero-order valence-corrected chi connectivity index (χ0v) is 13.8. The second kappa shape index (κ2) is 4.31. The maximum Gasteiger partial charge on any atom is 0.0586 e. The molecule has 0 amide bonds. The molecule has 1 aliphatic rings. The molecular weight excluding hydrogens is 268 g/mol. The van der Waals surface area contributed by atoms with E-state index in [0.29, 0.717) is 0 Å². The smallest absolute Gasteiger partial charge is 0.0586 e. The Balaban J connectivity index is 2.27. The molecule has 0 fully saturated rings. The third-order valence-electron chi connectivity index (χ3n) is 5.11. The summed E-state index contributed by atoms with van der Waals surface area (Å²) in [7, 11) is -0.468. The molecule has 0 N–H and O–H groups in total. The molecule has 21 heavy (non-hydrogen) atoms. The SMILES string of the molecule is C[Si](C)C1(C)C=Cc2c1c1ccccc1c1ccccc21. The van der Waals surface area contributed by atoms with E-state index in [9.17, 15) is 0 Å². The van der Waals surface area contributed by atoms with Crippen LogP contribution in [0, 0.1) is 0 Å². The van der Waals surface area contributed by atoms with E-state index in [2.05, 4.69) is 80.7 Å². The van der Waals surface area contributed by atoms with Crippen molar-refractivity contribution >= 4 is 36.4 Å². The second-order valence-corrected chi connectivity index (χ2v) is 9.45. The molecule has 0 saturated carbocycles. The van der Waals surface area contributed by atoms with Crippen LogP contribution >= 0.6 is 0 Å². The maximum absolute atomic E-state index is 2.45. The van der Waals surface area contributed by atoms with Gasteiger partial charge in [-0.05, 0) is 32.7 Å². The van der Waals surface area contributed by atoms with Crippen molar-refractivity contribution in [1.29, 1.82) is 0 Å². The van der Waals surface area contributed by atoms with Crippen molar-refractivity contribution in [2.24, 2.45) is 0 Å². The van der Waals surface area contributed by atoms with Gasteiger partial charge in [-0.25, -0.2) is 0 Å². The van der Waals surface area contributed by atoms with Crippen LogP contribution in [-0.2, 0) is 5.04 Å². The largest absolute Gasteiger partial charge is 0.0766 e. The topological polar surface area (TPSA) is 0 Å². The Bertz CT molecular complexity index is 889. The number of allylic oxidation sites excluding steroid dienone is 1. The average molecular weight is 287 g/mol. The van der Waals surface area contributed by atoms with E-state index >= 15 is 0 Å². The first-order valence-corrected chi connectivity index (χ1v) is 10.1. The lowest BCUT2D eigenvalue weighted by molar-refractivity contribution is 0.859. The summed E-state index contributed by atoms with van der Waals surface area (Å²) in [6, 6.07) is 17.7. The highest BCUT2D eigenvalue weighted by Gasteiger charge is 2.36. The van der Waals surface area contributed by atoms with Crippen molar-refractivity contribution in [3.8, 4) is 0 Å². The fourth-order valence-electron chi connectivity index (χ4n) is 3.65. The summed E-state index contributed by atoms with van der Waals surface area (Å²) in [5, 5.41) is 5.83. The molecule has 1 unspecified atom stereocenters. The fraction of sp³-hybridized carbons (Fsp3) is 0.200. The molecule has 0 aliphatic heterocycles. The highest BCUT2D eigenvalue weighted by molar-refractivity contribution is 6.61. The third kappa shape index (κ3) is 1.61. The third-order valence-corrected chi connectivity index (χ3v) is 7.61. The van der Waals surface area contributed by atoms with E-state index in [1.54, 1.807) is 5.56 Å². The maximum atomic E-state index is 2.45. The Labute approximate surface area is 127 Å². The summed E-state index contributed by atoms with van der Waals surface area (Å²) >= 11 is 0. The number of rotatable bonds is 1. The number of hydrogen-bond donors (Lipinski definition) is 0. The highest BCUT2D eigenvalue weighted by atomic mass is 28.3. The van der Waals surface area contributed by atoms with Crippen molar-refractivity contribution in [2.75, 3.05) is 0 Å². The van der Waals surface area contributed by atoms with Gasteiger partial charge in [-0.15, -0.1) is 0 Å². The van der Waals surface area contributed by atoms with Gasteiger partial charge in [-0.1, -0.05) is 80.7 Å². The molecule has 0 nitrogen and oxygen atoms in total. The minimum absolute atomic E-state index is 0.226. The van der Waals surface area contributed by atoms with E-state index in [1.807, 2.05) is 0 Å². The van der Waals surface area contributed by atoms with Crippen LogP contribution in [0.2, 0.25) is 13.1 Å². The first-order valence-electron chi connectivity index (χ1n) is 7.57. The average Bonchev–Trinajstić information content (AvgIpc) is 2.87. The van der Waals surface area contributed by atoms with Gasteiger partial charge in [0.2, 0.25) is 0 Å². The molecule has 1 aliphatic carbocycles. The molecule has 0 aromatic heterocycles. The number of benzene rings is 3. The van der Waals surface area contributed by atoms with E-state index in [0.717, 1.165) is 0 Å². The Morgan fingerprint density at radius 1 is 0.762 bits per heavy atom. The van der Waals surface area contributed by atoms with E-state index < -0.39 is 8.80 Å². The van der Waals surface area contributed by atoms with E-state index in [1.165, 1.54) is 27.1 Å². The zero-order valence-electron chi connectivity index (χ0n) is 12.8. The molecule has 4 rings (SSSR count). The summed E-state index contributed by atoms with van der Waals surface area (Å²) in [5.41, 5.74) is 2.99. The Kier molecular flexibility index (Phi) is 2.64. The van der Waals surface area contributed by atoms with Crippen molar-refractivity contribution in [3.63, 3.8) is 0 Å². The molecule has 3 aromatic carbocycles. The van der Waals surface area contributed by atoms with Crippen LogP contribution in [0.25, 0.3) is 27.6 Å². The van der Waals surface area contributed by atoms with Gasteiger partial charge in [0.15, 0.2) is 0 Å². The van der Waals surface area contributed by atoms with Crippen molar-refractivity contribution < 1.29 is 0 Å². The summed E-state index contributed by atoms with van der Waals surface area (Å²) in [4.78, 5) is 0. The predicted octanol–water partition coefficient (Wildman–Crippen LogP) is 5.57. The van der Waals surface area contributed by atoms with Gasteiger partial charge in [-0.2, -0.15) is 0 Å². The molecule has 0 saturated heterocycles. The van der Waals surface area contributed by atoms with Gasteiger partial charge < -0.3 is 0 Å². The summed E-state index contributed by atoms with van der Waals surface area (Å²) in [5.74, 6) is 0. The van der Waals surface area contributed by atoms with Gasteiger partial charge in [0.05, 0.1) is 8.80 Å². The standard InChI is InChI=1S/C20H19Si/c1-20(21(2)3)13-12-18-16-10-5-4-8-14(16)15-9-6-7-11-17(15)19(18)20/h4-13H,1-3H3. The lowest BCUT2D eigenvalue weighted by atomic mass is 9.89. The van der Waals surface area contributed by atoms with Gasteiger partial charge >= 0.3 is 0 Å². The molecule has 0 spiro atoms. The van der Waals surface area contributed by atoms with Crippen molar-refractivity contribution in [2.45, 2.75) is 25.1 Å². The lowest BCUT2D eigenvalue weighted by Crippen LogP contribution is -2.33. The summed E-state index contributed by atoms with van der Waals surface area (Å²) in [6.07, 6.45) is 4.81. The van der Waals surface area contributed by atoms with Crippen LogP contribution < -0.4 is 0 Å². The van der Waals surface area contributed by atoms with Crippen molar-refractivity contribution in [1.82, 2.24) is 0 Å². The van der Waals surface area contributed by atoms with Gasteiger partial charge in [0.25, 0.3) is 0 Å². The van der Waals surface area contributed by atoms with Crippen molar-refractivity contribution in [3.05, 3.63) is 65.7 Å². The van der Waals surface area contributed by atoms with Crippen LogP contribution in [0.5, 0.6) is 0 Å². The quantitative estimate of drug-likeness (QED) is 0.405. The summed E-state index contributed by atoms with van der Waals surface area (Å²) < 4.78 is 0. The Morgan fingerprint density at radius 2 is 1.29 bits per heavy atom. The number of fused-ring (bicyclic) bond motifs is 6. The van der Waals surface area contributed by atoms with Gasteiger partial charge in [-0.3, -0.25) is 0 Å². The van der Waals surface area contributed by atoms with Crippen LogP contribution in [0.4, 0.5) is 0 Å². The van der Waals surface area contributed by atoms with Crippen LogP contribution in [0.15, 0.2) is 54.6 Å². The first-order chi connectivity index (χ1) is 10.1. The summed E-state index contributed by atoms with van der Waals surface area (Å²) in [6.45, 7) is 7.27. The van der Waals surface area contributed by atoms with Gasteiger partial charge in [0, 0.05) is 5.04 Å².